The number of nitrogens with one attached hydrogen (secondary N) is 2. The molecule has 0 aliphatic carbocycles. The summed E-state index contributed by atoms with van der Waals surface area (Å²) in [6, 6.07) is 3.92. The fourth-order valence-corrected chi connectivity index (χ4v) is 3.90. The molecule has 3 rings (SSSR count). The average Bonchev–Trinajstić information content (AvgIpc) is 3.32. The minimum Gasteiger partial charge on any atom is -0.383 e. The van der Waals surface area contributed by atoms with Crippen LogP contribution in [0.2, 0.25) is 0 Å². The number of anilines is 1. The number of hydrogen-bond acceptors (Lipinski definition) is 8. The second kappa shape index (κ2) is 10.4. The summed E-state index contributed by atoms with van der Waals surface area (Å²) < 4.78 is 6.91. The van der Waals surface area contributed by atoms with Crippen LogP contribution in [-0.4, -0.2) is 58.2 Å². The van der Waals surface area contributed by atoms with Crippen molar-refractivity contribution in [3.63, 3.8) is 0 Å². The SMILES string of the molecule is CCSc1nc(NCCOC)c2cnn(CCNC(=O)Cc3cccs3)c2n1. The standard InChI is InChI=1S/C18H24N6O2S2/c1-3-27-18-22-16(20-7-9-26-2)14-12-21-24(17(14)23-18)8-6-19-15(25)11-13-5-4-10-28-13/h4-5,10,12H,3,6-9,11H2,1-2H3,(H,19,25)(H,20,22,23). The van der Waals surface area contributed by atoms with Crippen LogP contribution in [0.15, 0.2) is 28.9 Å². The highest BCUT2D eigenvalue weighted by Gasteiger charge is 2.13. The van der Waals surface area contributed by atoms with Crippen LogP contribution in [0.3, 0.4) is 0 Å². The lowest BCUT2D eigenvalue weighted by Gasteiger charge is -2.09. The second-order valence-corrected chi connectivity index (χ2v) is 8.18. The van der Waals surface area contributed by atoms with Gasteiger partial charge in [-0.2, -0.15) is 5.10 Å². The summed E-state index contributed by atoms with van der Waals surface area (Å²) in [5, 5.41) is 14.2. The van der Waals surface area contributed by atoms with Gasteiger partial charge in [-0.3, -0.25) is 4.79 Å². The smallest absolute Gasteiger partial charge is 0.225 e. The largest absolute Gasteiger partial charge is 0.383 e. The molecule has 3 heterocycles. The predicted octanol–water partition coefficient (Wildman–Crippen LogP) is 2.42. The number of carbonyl (C=O) groups is 1. The summed E-state index contributed by atoms with van der Waals surface area (Å²) in [7, 11) is 1.67. The lowest BCUT2D eigenvalue weighted by Crippen LogP contribution is -2.28. The van der Waals surface area contributed by atoms with Crippen molar-refractivity contribution in [2.24, 2.45) is 0 Å². The maximum absolute atomic E-state index is 12.1. The van der Waals surface area contributed by atoms with E-state index in [-0.39, 0.29) is 5.91 Å². The molecule has 0 atom stereocenters. The molecule has 2 N–H and O–H groups in total. The Morgan fingerprint density at radius 3 is 3.00 bits per heavy atom. The van der Waals surface area contributed by atoms with E-state index in [1.54, 1.807) is 36.4 Å². The van der Waals surface area contributed by atoms with Gasteiger partial charge in [-0.25, -0.2) is 14.6 Å². The first-order chi connectivity index (χ1) is 13.7. The van der Waals surface area contributed by atoms with E-state index in [1.165, 1.54) is 0 Å². The van der Waals surface area contributed by atoms with Gasteiger partial charge in [0.1, 0.15) is 5.82 Å². The van der Waals surface area contributed by atoms with Crippen molar-refractivity contribution in [3.05, 3.63) is 28.6 Å². The summed E-state index contributed by atoms with van der Waals surface area (Å²) in [6.07, 6.45) is 2.17. The Kier molecular flexibility index (Phi) is 7.63. The highest BCUT2D eigenvalue weighted by molar-refractivity contribution is 7.99. The van der Waals surface area contributed by atoms with E-state index in [2.05, 4.69) is 32.6 Å². The van der Waals surface area contributed by atoms with Gasteiger partial charge in [0.25, 0.3) is 0 Å². The first kappa shape index (κ1) is 20.6. The number of thiophene rings is 1. The van der Waals surface area contributed by atoms with Gasteiger partial charge >= 0.3 is 0 Å². The Labute approximate surface area is 172 Å². The first-order valence-corrected chi connectivity index (χ1v) is 11.0. The van der Waals surface area contributed by atoms with Gasteiger partial charge in [-0.15, -0.1) is 11.3 Å². The summed E-state index contributed by atoms with van der Waals surface area (Å²) in [6.45, 7) is 4.35. The summed E-state index contributed by atoms with van der Waals surface area (Å²) >= 11 is 3.17. The van der Waals surface area contributed by atoms with Crippen molar-refractivity contribution in [1.82, 2.24) is 25.1 Å². The number of aromatic nitrogens is 4. The third-order valence-electron chi connectivity index (χ3n) is 3.91. The fourth-order valence-electron chi connectivity index (χ4n) is 2.63. The van der Waals surface area contributed by atoms with Crippen molar-refractivity contribution < 1.29 is 9.53 Å². The van der Waals surface area contributed by atoms with Crippen LogP contribution < -0.4 is 10.6 Å². The molecule has 0 aromatic carbocycles. The molecule has 0 radical (unpaired) electrons. The Morgan fingerprint density at radius 1 is 1.36 bits per heavy atom. The molecule has 0 unspecified atom stereocenters. The van der Waals surface area contributed by atoms with Crippen LogP contribution >= 0.6 is 23.1 Å². The molecule has 1 amide bonds. The van der Waals surface area contributed by atoms with E-state index in [4.69, 9.17) is 4.74 Å². The van der Waals surface area contributed by atoms with Crippen LogP contribution in [-0.2, 0) is 22.5 Å². The van der Waals surface area contributed by atoms with Crippen LogP contribution in [0.5, 0.6) is 0 Å². The van der Waals surface area contributed by atoms with Crippen molar-refractivity contribution in [2.45, 2.75) is 25.0 Å². The number of thioether (sulfide) groups is 1. The molecule has 3 aromatic rings. The molecule has 0 aliphatic rings. The molecule has 28 heavy (non-hydrogen) atoms. The van der Waals surface area contributed by atoms with E-state index in [1.807, 2.05) is 22.2 Å². The van der Waals surface area contributed by atoms with Crippen molar-refractivity contribution in [1.29, 1.82) is 0 Å². The van der Waals surface area contributed by atoms with E-state index in [0.29, 0.717) is 37.8 Å². The second-order valence-electron chi connectivity index (χ2n) is 5.92. The van der Waals surface area contributed by atoms with E-state index in [0.717, 1.165) is 27.5 Å². The van der Waals surface area contributed by atoms with Gasteiger partial charge in [0.05, 0.1) is 31.2 Å². The number of rotatable bonds is 11. The summed E-state index contributed by atoms with van der Waals surface area (Å²) in [4.78, 5) is 22.3. The lowest BCUT2D eigenvalue weighted by atomic mass is 10.3. The quantitative estimate of drug-likeness (QED) is 0.279. The molecule has 0 aliphatic heterocycles. The molecule has 0 saturated carbocycles. The molecule has 0 bridgehead atoms. The van der Waals surface area contributed by atoms with Crippen LogP contribution in [0.1, 0.15) is 11.8 Å². The number of amides is 1. The molecule has 0 spiro atoms. The molecule has 3 aromatic heterocycles. The predicted molar refractivity (Wildman–Crippen MR) is 113 cm³/mol. The zero-order chi connectivity index (χ0) is 19.8. The molecule has 10 heteroatoms. The third kappa shape index (κ3) is 5.43. The van der Waals surface area contributed by atoms with E-state index < -0.39 is 0 Å². The number of hydrogen-bond donors (Lipinski definition) is 2. The van der Waals surface area contributed by atoms with Crippen LogP contribution in [0.4, 0.5) is 5.82 Å². The fraction of sp³-hybridized carbons (Fsp3) is 0.444. The minimum atomic E-state index is 0.0117. The Balaban J connectivity index is 1.67. The highest BCUT2D eigenvalue weighted by Crippen LogP contribution is 2.24. The van der Waals surface area contributed by atoms with Crippen molar-refractivity contribution >= 4 is 45.9 Å². The molecule has 150 valence electrons. The monoisotopic (exact) mass is 420 g/mol. The van der Waals surface area contributed by atoms with Gasteiger partial charge in [0.2, 0.25) is 5.91 Å². The number of carbonyl (C=O) groups excluding carboxylic acids is 1. The summed E-state index contributed by atoms with van der Waals surface area (Å²) in [5.41, 5.74) is 0.762. The lowest BCUT2D eigenvalue weighted by molar-refractivity contribution is -0.120. The van der Waals surface area contributed by atoms with Gasteiger partial charge < -0.3 is 15.4 Å². The van der Waals surface area contributed by atoms with Crippen LogP contribution in [0.25, 0.3) is 11.0 Å². The van der Waals surface area contributed by atoms with E-state index >= 15 is 0 Å². The van der Waals surface area contributed by atoms with Gasteiger partial charge in [0, 0.05) is 25.1 Å². The van der Waals surface area contributed by atoms with Crippen molar-refractivity contribution in [3.8, 4) is 0 Å². The Bertz CT molecular complexity index is 897. The highest BCUT2D eigenvalue weighted by atomic mass is 32.2. The number of fused-ring (bicyclic) bond motifs is 1. The van der Waals surface area contributed by atoms with E-state index in [9.17, 15) is 4.79 Å². The zero-order valence-electron chi connectivity index (χ0n) is 16.0. The molecular formula is C18H24N6O2S2. The van der Waals surface area contributed by atoms with Gasteiger partial charge in [0.15, 0.2) is 10.8 Å². The van der Waals surface area contributed by atoms with Gasteiger partial charge in [-0.1, -0.05) is 24.8 Å². The Morgan fingerprint density at radius 2 is 2.25 bits per heavy atom. The van der Waals surface area contributed by atoms with Crippen molar-refractivity contribution in [2.75, 3.05) is 37.9 Å². The van der Waals surface area contributed by atoms with Crippen LogP contribution in [0, 0.1) is 0 Å². The number of methoxy groups -OCH3 is 1. The topological polar surface area (TPSA) is 94.0 Å². The summed E-state index contributed by atoms with van der Waals surface area (Å²) in [5.74, 6) is 1.65. The molecule has 8 nitrogen and oxygen atoms in total. The maximum atomic E-state index is 12.1. The Hall–Kier alpha value is -2.17. The molecule has 0 saturated heterocycles. The first-order valence-electron chi connectivity index (χ1n) is 9.09. The van der Waals surface area contributed by atoms with Gasteiger partial charge in [-0.05, 0) is 17.2 Å². The molecular weight excluding hydrogens is 396 g/mol. The third-order valence-corrected chi connectivity index (χ3v) is 5.51. The average molecular weight is 421 g/mol. The maximum Gasteiger partial charge on any atom is 0.225 e. The zero-order valence-corrected chi connectivity index (χ0v) is 17.6. The number of nitrogens with zero attached hydrogens (tertiary/aromatic N) is 4. The molecule has 0 fully saturated rings. The minimum absolute atomic E-state index is 0.0117. The number of ether oxygens (including phenoxy) is 1. The normalized spacial score (nSPS) is 11.1.